The molecule has 0 radical (unpaired) electrons. The van der Waals surface area contributed by atoms with E-state index in [0.717, 1.165) is 0 Å². The Balaban J connectivity index is 2.25. The summed E-state index contributed by atoms with van der Waals surface area (Å²) in [5, 5.41) is 46.1. The highest BCUT2D eigenvalue weighted by Crippen LogP contribution is 2.42. The average Bonchev–Trinajstić information content (AvgIpc) is 3.10. The third-order valence-corrected chi connectivity index (χ3v) is 12.6. The Kier molecular flexibility index (Phi) is 15.9. The van der Waals surface area contributed by atoms with Gasteiger partial charge in [-0.1, -0.05) is 27.7 Å². The average molecular weight is 761 g/mol. The molecule has 18 atom stereocenters. The summed E-state index contributed by atoms with van der Waals surface area (Å²) in [4.78, 5) is 20.8. The first kappa shape index (κ1) is 46.1. The molecule has 53 heavy (non-hydrogen) atoms. The van der Waals surface area contributed by atoms with E-state index in [1.807, 2.05) is 46.7 Å². The molecular weight excluding hydrogens is 688 g/mol. The molecule has 3 saturated heterocycles. The van der Waals surface area contributed by atoms with Crippen molar-refractivity contribution in [1.29, 1.82) is 0 Å². The molecule has 0 aromatic heterocycles. The molecule has 0 aromatic carbocycles. The fourth-order valence-corrected chi connectivity index (χ4v) is 9.02. The number of hydrogen-bond donors (Lipinski definition) is 4. The zero-order valence-corrected chi connectivity index (χ0v) is 34.9. The quantitative estimate of drug-likeness (QED) is 0.266. The van der Waals surface area contributed by atoms with Crippen LogP contribution in [0, 0.1) is 23.7 Å². The van der Waals surface area contributed by atoms with Gasteiger partial charge in [0, 0.05) is 51.3 Å². The first-order valence-electron chi connectivity index (χ1n) is 19.3. The van der Waals surface area contributed by atoms with Crippen LogP contribution in [0.3, 0.4) is 0 Å². The molecule has 0 spiro atoms. The highest BCUT2D eigenvalue weighted by Gasteiger charge is 2.53. The molecule has 0 aliphatic carbocycles. The molecule has 3 aliphatic heterocycles. The van der Waals surface area contributed by atoms with Gasteiger partial charge in [0.15, 0.2) is 12.6 Å². The van der Waals surface area contributed by atoms with Gasteiger partial charge in [0.1, 0.15) is 23.9 Å². The summed E-state index contributed by atoms with van der Waals surface area (Å²) >= 11 is 0. The molecule has 3 aliphatic rings. The van der Waals surface area contributed by atoms with Crippen molar-refractivity contribution in [2.75, 3.05) is 35.4 Å². The molecule has 0 saturated carbocycles. The Morgan fingerprint density at radius 1 is 0.887 bits per heavy atom. The minimum atomic E-state index is -1.83. The maximum absolute atomic E-state index is 14.3. The summed E-state index contributed by atoms with van der Waals surface area (Å²) in [5.41, 5.74) is -3.30. The van der Waals surface area contributed by atoms with Crippen LogP contribution in [-0.2, 0) is 38.0 Å². The van der Waals surface area contributed by atoms with Gasteiger partial charge in [-0.2, -0.15) is 0 Å². The molecule has 3 fully saturated rings. The van der Waals surface area contributed by atoms with Crippen LogP contribution >= 0.6 is 0 Å². The summed E-state index contributed by atoms with van der Waals surface area (Å²) in [5.74, 6) is -3.17. The largest absolute Gasteiger partial charge is 0.459 e. The molecular formula is C39H72N2O12. The minimum Gasteiger partial charge on any atom is -0.459 e. The number of cyclic esters (lactones) is 1. The second kappa shape index (κ2) is 18.3. The third-order valence-electron chi connectivity index (χ3n) is 12.6. The lowest BCUT2D eigenvalue weighted by Gasteiger charge is -2.50. The number of aliphatic hydroxyl groups is 4. The van der Waals surface area contributed by atoms with Gasteiger partial charge in [-0.3, -0.25) is 9.79 Å². The van der Waals surface area contributed by atoms with E-state index in [0.29, 0.717) is 18.6 Å². The maximum atomic E-state index is 14.3. The highest BCUT2D eigenvalue weighted by atomic mass is 16.7. The maximum Gasteiger partial charge on any atom is 0.311 e. The van der Waals surface area contributed by atoms with Crippen molar-refractivity contribution >= 4 is 11.7 Å². The van der Waals surface area contributed by atoms with Crippen LogP contribution < -0.4 is 0 Å². The number of aliphatic hydroxyl groups excluding tert-OH is 3. The second-order valence-electron chi connectivity index (χ2n) is 16.9. The zero-order chi connectivity index (χ0) is 40.4. The number of carbonyl (C=O) groups excluding carboxylic acids is 1. The van der Waals surface area contributed by atoms with Crippen LogP contribution in [0.15, 0.2) is 4.99 Å². The molecule has 14 heteroatoms. The summed E-state index contributed by atoms with van der Waals surface area (Å²) in [6.07, 6.45) is -7.68. The van der Waals surface area contributed by atoms with Crippen molar-refractivity contribution in [2.24, 2.45) is 28.7 Å². The van der Waals surface area contributed by atoms with E-state index in [1.165, 1.54) is 14.0 Å². The number of esters is 1. The number of ether oxygens (including phenoxy) is 7. The van der Waals surface area contributed by atoms with Crippen LogP contribution in [0.25, 0.3) is 0 Å². The van der Waals surface area contributed by atoms with Crippen molar-refractivity contribution in [2.45, 2.75) is 179 Å². The molecule has 0 bridgehead atoms. The monoisotopic (exact) mass is 761 g/mol. The molecule has 0 aromatic rings. The standard InChI is InChI=1S/C39H72N2O12/c1-16-27-39(10,46)32(43)22(4)29(40-11)20(2)18-38(9,48-15)34(53-36-30(42)26(41(12)13)17-21(3)49-36)23(5)31(24(6)35(45)51-27)52-28-19-37(8,47-14)33(44)25(7)50-28/h20-28,30-34,36,42-44,46H,16-19H2,1-15H3/t20-,21?,22+,23+,24-,25?,26?,27-,28?,30?,31+,32-,33?,34-,36?,37?,38-,39-/m1/s1. The van der Waals surface area contributed by atoms with Crippen LogP contribution in [-0.4, -0.2) is 157 Å². The van der Waals surface area contributed by atoms with Crippen molar-refractivity contribution in [3.05, 3.63) is 0 Å². The summed E-state index contributed by atoms with van der Waals surface area (Å²) in [7, 11) is 8.58. The fourth-order valence-electron chi connectivity index (χ4n) is 9.02. The van der Waals surface area contributed by atoms with E-state index in [1.54, 1.807) is 48.8 Å². The Morgan fingerprint density at radius 2 is 1.49 bits per heavy atom. The topological polar surface area (TPSA) is 178 Å². The van der Waals surface area contributed by atoms with Crippen LogP contribution in [0.5, 0.6) is 0 Å². The van der Waals surface area contributed by atoms with Gasteiger partial charge in [-0.05, 0) is 80.8 Å². The number of hydrogen-bond acceptors (Lipinski definition) is 14. The normalized spacial score (nSPS) is 49.1. The Bertz CT molecular complexity index is 1220. The van der Waals surface area contributed by atoms with Gasteiger partial charge in [0.2, 0.25) is 0 Å². The van der Waals surface area contributed by atoms with Crippen molar-refractivity contribution in [1.82, 2.24) is 4.90 Å². The molecule has 8 unspecified atom stereocenters. The molecule has 4 N–H and O–H groups in total. The number of rotatable bonds is 8. The summed E-state index contributed by atoms with van der Waals surface area (Å²) < 4.78 is 44.4. The SMILES string of the molecule is CC[C@H]1OC(=O)[C@H](C)[C@@H](OC2CC(C)(OC)C(O)C(C)O2)[C@H](C)[C@@H](OC2OC(C)CC(N(C)C)C2O)[C@](C)(OC)C[C@@H](C)C(=NC)[C@H](C)[C@@H](O)[C@]1(C)O. The smallest absolute Gasteiger partial charge is 0.311 e. The molecule has 0 amide bonds. The number of aliphatic imine (C=N–C) groups is 1. The highest BCUT2D eigenvalue weighted by molar-refractivity contribution is 5.89. The van der Waals surface area contributed by atoms with Crippen molar-refractivity contribution in [3.8, 4) is 0 Å². The number of carbonyl (C=O) groups is 1. The van der Waals surface area contributed by atoms with Crippen LogP contribution in [0.1, 0.15) is 94.9 Å². The molecule has 14 nitrogen and oxygen atoms in total. The first-order chi connectivity index (χ1) is 24.5. The predicted molar refractivity (Wildman–Crippen MR) is 199 cm³/mol. The van der Waals surface area contributed by atoms with Gasteiger partial charge >= 0.3 is 5.97 Å². The van der Waals surface area contributed by atoms with Gasteiger partial charge in [-0.15, -0.1) is 0 Å². The summed E-state index contributed by atoms with van der Waals surface area (Å²) in [6, 6.07) is -0.249. The van der Waals surface area contributed by atoms with Crippen LogP contribution in [0.2, 0.25) is 0 Å². The summed E-state index contributed by atoms with van der Waals surface area (Å²) in [6.45, 7) is 18.0. The zero-order valence-electron chi connectivity index (χ0n) is 34.9. The number of likely N-dealkylation sites (N-methyl/N-ethyl adjacent to an activating group) is 1. The lowest BCUT2D eigenvalue weighted by atomic mass is 9.73. The lowest BCUT2D eigenvalue weighted by Crippen LogP contribution is -2.61. The second-order valence-corrected chi connectivity index (χ2v) is 16.9. The Hall–Kier alpha value is -1.30. The van der Waals surface area contributed by atoms with Crippen molar-refractivity contribution in [3.63, 3.8) is 0 Å². The number of nitrogens with zero attached hydrogens (tertiary/aromatic N) is 2. The van der Waals surface area contributed by atoms with E-state index < -0.39 is 95.8 Å². The van der Waals surface area contributed by atoms with Crippen LogP contribution in [0.4, 0.5) is 0 Å². The van der Waals surface area contributed by atoms with E-state index in [2.05, 4.69) is 4.99 Å². The Morgan fingerprint density at radius 3 is 2.02 bits per heavy atom. The van der Waals surface area contributed by atoms with Gasteiger partial charge in [0.25, 0.3) is 0 Å². The molecule has 310 valence electrons. The van der Waals surface area contributed by atoms with E-state index in [-0.39, 0.29) is 30.9 Å². The third kappa shape index (κ3) is 9.81. The predicted octanol–water partition coefficient (Wildman–Crippen LogP) is 2.94. The van der Waals surface area contributed by atoms with E-state index >= 15 is 0 Å². The minimum absolute atomic E-state index is 0.156. The Labute approximate surface area is 317 Å². The molecule has 3 rings (SSSR count). The van der Waals surface area contributed by atoms with Gasteiger partial charge in [-0.25, -0.2) is 0 Å². The van der Waals surface area contributed by atoms with E-state index in [4.69, 9.17) is 33.2 Å². The van der Waals surface area contributed by atoms with Gasteiger partial charge in [0.05, 0.1) is 47.6 Å². The van der Waals surface area contributed by atoms with E-state index in [9.17, 15) is 25.2 Å². The van der Waals surface area contributed by atoms with Gasteiger partial charge < -0.3 is 58.5 Å². The first-order valence-corrected chi connectivity index (χ1v) is 19.3. The fraction of sp³-hybridized carbons (Fsp3) is 0.949. The van der Waals surface area contributed by atoms with Crippen molar-refractivity contribution < 1.29 is 58.4 Å². The molecule has 3 heterocycles. The number of methoxy groups -OCH3 is 2. The lowest BCUT2D eigenvalue weighted by molar-refractivity contribution is -0.319.